The largest absolute Gasteiger partial charge is 0.394 e. The van der Waals surface area contributed by atoms with Crippen LogP contribution in [-0.2, 0) is 32.8 Å². The summed E-state index contributed by atoms with van der Waals surface area (Å²) >= 11 is 0. The zero-order valence-electron chi connectivity index (χ0n) is 27.1. The number of nitrogens with two attached hydrogens (primary N) is 1. The Bertz CT molecular complexity index is 1400. The van der Waals surface area contributed by atoms with Crippen LogP contribution in [0.1, 0.15) is 61.1 Å². The second-order valence-electron chi connectivity index (χ2n) is 13.6. The van der Waals surface area contributed by atoms with Crippen molar-refractivity contribution in [1.29, 1.82) is 0 Å². The first-order chi connectivity index (χ1) is 21.3. The lowest BCUT2D eigenvalue weighted by atomic mass is 9.94. The number of hydrogen-bond acceptors (Lipinski definition) is 14. The predicted octanol–water partition coefficient (Wildman–Crippen LogP) is 0.457. The van der Waals surface area contributed by atoms with E-state index in [-0.39, 0.29) is 25.5 Å². The molecule has 1 amide bonds. The van der Waals surface area contributed by atoms with Gasteiger partial charge in [-0.25, -0.2) is 15.0 Å². The van der Waals surface area contributed by atoms with Crippen molar-refractivity contribution in [2.75, 3.05) is 25.6 Å². The van der Waals surface area contributed by atoms with Crippen LogP contribution in [0.25, 0.3) is 11.2 Å². The molecule has 10 atom stereocenters. The summed E-state index contributed by atoms with van der Waals surface area (Å²) in [6, 6.07) is -1.12. The fourth-order valence-corrected chi connectivity index (χ4v) is 6.17. The van der Waals surface area contributed by atoms with Crippen molar-refractivity contribution in [3.8, 4) is 0 Å². The van der Waals surface area contributed by atoms with Crippen LogP contribution in [0.4, 0.5) is 5.82 Å². The summed E-state index contributed by atoms with van der Waals surface area (Å²) < 4.78 is 45.1. The van der Waals surface area contributed by atoms with Crippen LogP contribution in [0.15, 0.2) is 12.7 Å². The van der Waals surface area contributed by atoms with Gasteiger partial charge in [0.1, 0.15) is 48.5 Å². The minimum Gasteiger partial charge on any atom is -0.394 e. The lowest BCUT2D eigenvalue weighted by Crippen LogP contribution is -2.64. The van der Waals surface area contributed by atoms with Gasteiger partial charge in [0.15, 0.2) is 17.8 Å². The second kappa shape index (κ2) is 14.0. The monoisotopic (exact) mass is 674 g/mol. The smallest absolute Gasteiger partial charge is 0.333 e. The summed E-state index contributed by atoms with van der Waals surface area (Å²) in [7, 11) is -4.06. The van der Waals surface area contributed by atoms with E-state index >= 15 is 0 Å². The summed E-state index contributed by atoms with van der Waals surface area (Å²) in [4.78, 5) is 35.3. The van der Waals surface area contributed by atoms with E-state index in [1.165, 1.54) is 19.6 Å². The van der Waals surface area contributed by atoms with Crippen molar-refractivity contribution in [1.82, 2.24) is 24.8 Å². The molecule has 7 N–H and O–H groups in total. The predicted molar refractivity (Wildman–Crippen MR) is 163 cm³/mol. The standard InChI is InChI=1S/C28H47N6O11P/c1-14(36)33-18-21(38)20(37)16(10-35)44-26(18)41-9-8-15-22(45-27(2,3)4)17(11-42-46(39,40)28(5,6)7)43-25(15)34-13-32-19-23(29)30-12-31-24(19)34/h12-13,15-18,20-22,25-26,35,37-38H,8-11H2,1-7H3,(H,33,36)(H,39,40)(H2,29,30,31)/t15-,16-,17-,18-,20+,21-,22+,25-,26-/m1/s1. The van der Waals surface area contributed by atoms with E-state index in [0.29, 0.717) is 11.2 Å². The molecule has 0 aromatic carbocycles. The normalized spacial score (nSPS) is 32.0. The molecule has 2 fully saturated rings. The fourth-order valence-electron chi connectivity index (χ4n) is 5.44. The molecular formula is C28H47N6O11P. The van der Waals surface area contributed by atoms with Gasteiger partial charge in [-0.2, -0.15) is 0 Å². The molecule has 260 valence electrons. The van der Waals surface area contributed by atoms with Gasteiger partial charge in [-0.3, -0.25) is 13.9 Å². The van der Waals surface area contributed by atoms with Crippen molar-refractivity contribution < 1.29 is 53.0 Å². The molecule has 0 saturated carbocycles. The van der Waals surface area contributed by atoms with Crippen molar-refractivity contribution in [3.05, 3.63) is 12.7 Å². The molecule has 2 aliphatic heterocycles. The number of aliphatic hydroxyl groups is 3. The van der Waals surface area contributed by atoms with Gasteiger partial charge in [0.05, 0.1) is 43.0 Å². The van der Waals surface area contributed by atoms with Crippen LogP contribution in [0.5, 0.6) is 0 Å². The van der Waals surface area contributed by atoms with E-state index in [1.807, 2.05) is 20.8 Å². The van der Waals surface area contributed by atoms with E-state index in [0.717, 1.165) is 0 Å². The molecule has 18 heteroatoms. The number of rotatable bonds is 11. The number of fused-ring (bicyclic) bond motifs is 1. The van der Waals surface area contributed by atoms with Crippen LogP contribution in [0.3, 0.4) is 0 Å². The number of nitrogen functional groups attached to an aromatic ring is 1. The van der Waals surface area contributed by atoms with E-state index < -0.39 is 85.9 Å². The zero-order valence-corrected chi connectivity index (χ0v) is 28.0. The first-order valence-electron chi connectivity index (χ1n) is 15.1. The van der Waals surface area contributed by atoms with E-state index in [4.69, 9.17) is 29.2 Å². The highest BCUT2D eigenvalue weighted by Gasteiger charge is 2.50. The van der Waals surface area contributed by atoms with Gasteiger partial charge in [0.2, 0.25) is 5.91 Å². The molecule has 2 aromatic rings. The quantitative estimate of drug-likeness (QED) is 0.177. The molecule has 0 radical (unpaired) electrons. The molecule has 1 unspecified atom stereocenters. The average molecular weight is 675 g/mol. The third-order valence-corrected chi connectivity index (χ3v) is 10.1. The maximum absolute atomic E-state index is 13.0. The topological polar surface area (TPSA) is 243 Å². The molecule has 2 aliphatic rings. The first-order valence-corrected chi connectivity index (χ1v) is 16.7. The van der Waals surface area contributed by atoms with Crippen LogP contribution >= 0.6 is 7.60 Å². The SMILES string of the molecule is CC(=O)N[C@H]1[C@H](OCC[C@@H]2[C@H](OC(C)(C)C)[C@@H](COP(=O)(O)C(C)(C)C)O[C@H]2n2cnc3c(N)ncnc32)O[C@H](CO)[C@H](O)[C@@H]1O. The van der Waals surface area contributed by atoms with Gasteiger partial charge in [0, 0.05) is 12.8 Å². The van der Waals surface area contributed by atoms with E-state index in [1.54, 1.807) is 25.3 Å². The van der Waals surface area contributed by atoms with Crippen LogP contribution in [0.2, 0.25) is 0 Å². The Labute approximate surface area is 267 Å². The Morgan fingerprint density at radius 1 is 1.11 bits per heavy atom. The van der Waals surface area contributed by atoms with Crippen molar-refractivity contribution >= 4 is 30.5 Å². The molecule has 4 rings (SSSR count). The van der Waals surface area contributed by atoms with Crippen LogP contribution < -0.4 is 11.1 Å². The summed E-state index contributed by atoms with van der Waals surface area (Å²) in [6.45, 7) is 10.8. The van der Waals surface area contributed by atoms with Gasteiger partial charge in [0.25, 0.3) is 0 Å². The number of nitrogens with one attached hydrogen (secondary N) is 1. The van der Waals surface area contributed by atoms with Gasteiger partial charge in [-0.1, -0.05) is 0 Å². The molecule has 2 saturated heterocycles. The summed E-state index contributed by atoms with van der Waals surface area (Å²) in [5.41, 5.74) is 6.12. The maximum atomic E-state index is 13.0. The summed E-state index contributed by atoms with van der Waals surface area (Å²) in [6.07, 6.45) is -4.53. The Balaban J connectivity index is 1.65. The number of amides is 1. The number of anilines is 1. The molecule has 46 heavy (non-hydrogen) atoms. The Morgan fingerprint density at radius 2 is 1.80 bits per heavy atom. The molecule has 4 heterocycles. The molecule has 2 aromatic heterocycles. The third-order valence-electron chi connectivity index (χ3n) is 7.87. The number of carbonyl (C=O) groups excluding carboxylic acids is 1. The van der Waals surface area contributed by atoms with Crippen LogP contribution in [0, 0.1) is 5.92 Å². The lowest BCUT2D eigenvalue weighted by Gasteiger charge is -2.42. The highest BCUT2D eigenvalue weighted by Crippen LogP contribution is 2.55. The van der Waals surface area contributed by atoms with Crippen molar-refractivity contribution in [2.24, 2.45) is 5.92 Å². The highest BCUT2D eigenvalue weighted by atomic mass is 31.2. The minimum absolute atomic E-state index is 0.0198. The first kappa shape index (κ1) is 36.5. The van der Waals surface area contributed by atoms with Crippen molar-refractivity contribution in [2.45, 2.75) is 115 Å². The number of imidazole rings is 1. The summed E-state index contributed by atoms with van der Waals surface area (Å²) in [5.74, 6) is -0.805. The number of ether oxygens (including phenoxy) is 4. The Hall–Kier alpha value is -2.31. The van der Waals surface area contributed by atoms with Crippen LogP contribution in [-0.4, -0.2) is 119 Å². The van der Waals surface area contributed by atoms with Gasteiger partial charge >= 0.3 is 7.60 Å². The number of aromatic nitrogens is 4. The van der Waals surface area contributed by atoms with Gasteiger partial charge < -0.3 is 54.7 Å². The Morgan fingerprint density at radius 3 is 2.41 bits per heavy atom. The molecule has 17 nitrogen and oxygen atoms in total. The molecule has 0 aliphatic carbocycles. The minimum atomic E-state index is -4.06. The van der Waals surface area contributed by atoms with E-state index in [2.05, 4.69) is 20.3 Å². The number of hydrogen-bond donors (Lipinski definition) is 6. The molecular weight excluding hydrogens is 627 g/mol. The molecule has 0 spiro atoms. The number of carbonyl (C=O) groups is 1. The van der Waals surface area contributed by atoms with E-state index in [9.17, 15) is 29.6 Å². The number of aliphatic hydroxyl groups excluding tert-OH is 3. The zero-order chi connectivity index (χ0) is 34.2. The fraction of sp³-hybridized carbons (Fsp3) is 0.786. The molecule has 0 bridgehead atoms. The Kier molecular flexibility index (Phi) is 11.1. The second-order valence-corrected chi connectivity index (χ2v) is 16.2. The van der Waals surface area contributed by atoms with Gasteiger partial charge in [-0.05, 0) is 48.0 Å². The highest BCUT2D eigenvalue weighted by molar-refractivity contribution is 7.54. The average Bonchev–Trinajstić information content (AvgIpc) is 3.51. The lowest BCUT2D eigenvalue weighted by molar-refractivity contribution is -0.271. The van der Waals surface area contributed by atoms with Crippen molar-refractivity contribution in [3.63, 3.8) is 0 Å². The number of nitrogens with zero attached hydrogens (tertiary/aromatic N) is 4. The maximum Gasteiger partial charge on any atom is 0.333 e. The third kappa shape index (κ3) is 8.03. The summed E-state index contributed by atoms with van der Waals surface area (Å²) in [5, 5.41) is 32.2. The van der Waals surface area contributed by atoms with Gasteiger partial charge in [-0.15, -0.1) is 0 Å².